The lowest BCUT2D eigenvalue weighted by molar-refractivity contribution is -0.141. The molecule has 7 heteroatoms. The van der Waals surface area contributed by atoms with Gasteiger partial charge in [-0.05, 0) is 11.6 Å². The average molecular weight is 286 g/mol. The van der Waals surface area contributed by atoms with Gasteiger partial charge in [0.05, 0.1) is 11.7 Å². The van der Waals surface area contributed by atoms with Crippen LogP contribution in [0.4, 0.5) is 13.2 Å². The Balaban J connectivity index is 2.26. The number of ether oxygens (including phenoxy) is 1. The zero-order chi connectivity index (χ0) is 14.8. The normalized spacial score (nSPS) is 20.1. The molecule has 0 radical (unpaired) electrons. The Kier molecular flexibility index (Phi) is 3.97. The molecule has 1 aliphatic heterocycles. The first-order valence-corrected chi connectivity index (χ1v) is 6.10. The molecule has 0 amide bonds. The van der Waals surface area contributed by atoms with Crippen molar-refractivity contribution in [1.82, 2.24) is 4.98 Å². The molecule has 108 valence electrons. The van der Waals surface area contributed by atoms with Crippen LogP contribution in [-0.4, -0.2) is 28.9 Å². The molecular weight excluding hydrogens is 273 g/mol. The number of rotatable bonds is 2. The van der Waals surface area contributed by atoms with Crippen LogP contribution in [0, 0.1) is 11.3 Å². The molecule has 2 heterocycles. The Bertz CT molecular complexity index is 502. The number of aromatic nitrogens is 1. The van der Waals surface area contributed by atoms with Crippen LogP contribution in [0.15, 0.2) is 18.3 Å². The predicted octanol–water partition coefficient (Wildman–Crippen LogP) is 2.25. The highest BCUT2D eigenvalue weighted by Gasteiger charge is 2.40. The van der Waals surface area contributed by atoms with E-state index in [9.17, 15) is 23.5 Å². The first kappa shape index (κ1) is 14.8. The van der Waals surface area contributed by atoms with Crippen LogP contribution >= 0.6 is 0 Å². The van der Waals surface area contributed by atoms with E-state index in [1.165, 1.54) is 6.07 Å². The lowest BCUT2D eigenvalue weighted by atomic mass is 9.78. The minimum absolute atomic E-state index is 0.270. The number of halogens is 3. The molecule has 4 nitrogen and oxygen atoms in total. The maximum absolute atomic E-state index is 12.4. The summed E-state index contributed by atoms with van der Waals surface area (Å²) in [6.07, 6.45) is -2.97. The smallest absolute Gasteiger partial charge is 0.388 e. The van der Waals surface area contributed by atoms with Gasteiger partial charge in [-0.15, -0.1) is 0 Å². The van der Waals surface area contributed by atoms with E-state index in [1.807, 2.05) is 6.07 Å². The molecule has 0 spiro atoms. The fourth-order valence-electron chi connectivity index (χ4n) is 2.26. The molecule has 1 N–H and O–H groups in total. The van der Waals surface area contributed by atoms with E-state index in [1.54, 1.807) is 0 Å². The third-order valence-corrected chi connectivity index (χ3v) is 3.44. The number of pyridine rings is 1. The minimum atomic E-state index is -4.52. The van der Waals surface area contributed by atoms with Gasteiger partial charge in [-0.1, -0.05) is 6.07 Å². The molecule has 0 bridgehead atoms. The largest absolute Gasteiger partial charge is 0.433 e. The van der Waals surface area contributed by atoms with E-state index in [-0.39, 0.29) is 18.4 Å². The molecule has 1 fully saturated rings. The first-order chi connectivity index (χ1) is 9.37. The minimum Gasteiger partial charge on any atom is -0.388 e. The topological polar surface area (TPSA) is 66.1 Å². The molecule has 1 aromatic rings. The summed E-state index contributed by atoms with van der Waals surface area (Å²) < 4.78 is 42.4. The van der Waals surface area contributed by atoms with Crippen LogP contribution in [0.1, 0.15) is 30.0 Å². The van der Waals surface area contributed by atoms with Crippen molar-refractivity contribution in [2.75, 3.05) is 13.2 Å². The number of aliphatic hydroxyl groups is 1. The van der Waals surface area contributed by atoms with Crippen molar-refractivity contribution >= 4 is 0 Å². The Labute approximate surface area is 113 Å². The van der Waals surface area contributed by atoms with Gasteiger partial charge >= 0.3 is 6.18 Å². The average Bonchev–Trinajstić information content (AvgIpc) is 2.39. The summed E-state index contributed by atoms with van der Waals surface area (Å²) in [5.41, 5.74) is -2.02. The highest BCUT2D eigenvalue weighted by molar-refractivity contribution is 5.28. The standard InChI is InChI=1S/C13H13F3N2O2/c14-13(15,16)11-2-1-9(8-18-11)10(7-17)12(19)3-5-20-6-4-12/h1-2,8,10,19H,3-6H2/t10-/m0/s1. The lowest BCUT2D eigenvalue weighted by Crippen LogP contribution is -2.41. The molecule has 20 heavy (non-hydrogen) atoms. The van der Waals surface area contributed by atoms with Crippen molar-refractivity contribution in [3.05, 3.63) is 29.6 Å². The van der Waals surface area contributed by atoms with Gasteiger partial charge < -0.3 is 9.84 Å². The van der Waals surface area contributed by atoms with Gasteiger partial charge in [0.2, 0.25) is 0 Å². The summed E-state index contributed by atoms with van der Waals surface area (Å²) in [7, 11) is 0. The van der Waals surface area contributed by atoms with Gasteiger partial charge in [-0.3, -0.25) is 4.98 Å². The second kappa shape index (κ2) is 5.38. The first-order valence-electron chi connectivity index (χ1n) is 6.10. The van der Waals surface area contributed by atoms with Gasteiger partial charge in [-0.25, -0.2) is 0 Å². The summed E-state index contributed by atoms with van der Waals surface area (Å²) in [4.78, 5) is 3.33. The molecule has 1 atom stereocenters. The number of hydrogen-bond acceptors (Lipinski definition) is 4. The van der Waals surface area contributed by atoms with E-state index in [0.717, 1.165) is 12.3 Å². The van der Waals surface area contributed by atoms with Crippen LogP contribution in [0.2, 0.25) is 0 Å². The highest BCUT2D eigenvalue weighted by Crippen LogP contribution is 2.36. The van der Waals surface area contributed by atoms with Crippen LogP contribution in [0.3, 0.4) is 0 Å². The predicted molar refractivity (Wildman–Crippen MR) is 62.6 cm³/mol. The third kappa shape index (κ3) is 2.92. The van der Waals surface area contributed by atoms with Gasteiger partial charge in [0.1, 0.15) is 11.6 Å². The summed E-state index contributed by atoms with van der Waals surface area (Å²) in [5, 5.41) is 19.7. The van der Waals surface area contributed by atoms with Crippen LogP contribution in [0.25, 0.3) is 0 Å². The molecular formula is C13H13F3N2O2. The SMILES string of the molecule is N#C[C@@H](c1ccc(C(F)(F)F)nc1)C1(O)CCOCC1. The van der Waals surface area contributed by atoms with Crippen molar-refractivity contribution < 1.29 is 23.0 Å². The third-order valence-electron chi connectivity index (χ3n) is 3.44. The van der Waals surface area contributed by atoms with Gasteiger partial charge in [0, 0.05) is 32.3 Å². The lowest BCUT2D eigenvalue weighted by Gasteiger charge is -2.35. The van der Waals surface area contributed by atoms with Crippen molar-refractivity contribution in [2.24, 2.45) is 0 Å². The highest BCUT2D eigenvalue weighted by atomic mass is 19.4. The fourth-order valence-corrected chi connectivity index (χ4v) is 2.26. The zero-order valence-corrected chi connectivity index (χ0v) is 10.5. The van der Waals surface area contributed by atoms with Gasteiger partial charge in [0.15, 0.2) is 0 Å². The van der Waals surface area contributed by atoms with E-state index < -0.39 is 23.4 Å². The number of nitriles is 1. The Morgan fingerprint density at radius 3 is 2.45 bits per heavy atom. The Morgan fingerprint density at radius 2 is 2.00 bits per heavy atom. The maximum atomic E-state index is 12.4. The van der Waals surface area contributed by atoms with Crippen LogP contribution < -0.4 is 0 Å². The van der Waals surface area contributed by atoms with Gasteiger partial charge in [0.25, 0.3) is 0 Å². The van der Waals surface area contributed by atoms with Crippen molar-refractivity contribution in [3.63, 3.8) is 0 Å². The molecule has 1 aliphatic rings. The van der Waals surface area contributed by atoms with Gasteiger partial charge in [-0.2, -0.15) is 18.4 Å². The summed E-state index contributed by atoms with van der Waals surface area (Å²) in [5.74, 6) is -0.916. The zero-order valence-electron chi connectivity index (χ0n) is 10.5. The maximum Gasteiger partial charge on any atom is 0.433 e. The molecule has 0 aromatic carbocycles. The van der Waals surface area contributed by atoms with Crippen molar-refractivity contribution in [2.45, 2.75) is 30.5 Å². The Hall–Kier alpha value is -1.65. The summed E-state index contributed by atoms with van der Waals surface area (Å²) in [6.45, 7) is 0.644. The second-order valence-electron chi connectivity index (χ2n) is 4.75. The number of nitrogens with zero attached hydrogens (tertiary/aromatic N) is 2. The Morgan fingerprint density at radius 1 is 1.35 bits per heavy atom. The van der Waals surface area contributed by atoms with Crippen molar-refractivity contribution in [1.29, 1.82) is 5.26 Å². The fraction of sp³-hybridized carbons (Fsp3) is 0.538. The molecule has 1 aromatic heterocycles. The molecule has 1 saturated heterocycles. The molecule has 2 rings (SSSR count). The molecule has 0 aliphatic carbocycles. The van der Waals surface area contributed by atoms with E-state index in [0.29, 0.717) is 13.2 Å². The summed E-state index contributed by atoms with van der Waals surface area (Å²) in [6, 6.07) is 3.97. The van der Waals surface area contributed by atoms with Crippen LogP contribution in [-0.2, 0) is 10.9 Å². The second-order valence-corrected chi connectivity index (χ2v) is 4.75. The molecule has 0 unspecified atom stereocenters. The number of alkyl halides is 3. The summed E-state index contributed by atoms with van der Waals surface area (Å²) >= 11 is 0. The quantitative estimate of drug-likeness (QED) is 0.905. The number of hydrogen-bond donors (Lipinski definition) is 1. The monoisotopic (exact) mass is 286 g/mol. The molecule has 0 saturated carbocycles. The van der Waals surface area contributed by atoms with E-state index >= 15 is 0 Å². The van der Waals surface area contributed by atoms with Crippen molar-refractivity contribution in [3.8, 4) is 6.07 Å². The van der Waals surface area contributed by atoms with Crippen LogP contribution in [0.5, 0.6) is 0 Å². The van der Waals surface area contributed by atoms with E-state index in [4.69, 9.17) is 4.74 Å². The van der Waals surface area contributed by atoms with E-state index in [2.05, 4.69) is 4.98 Å².